The van der Waals surface area contributed by atoms with E-state index in [0.29, 0.717) is 6.54 Å². The van der Waals surface area contributed by atoms with E-state index in [2.05, 4.69) is 15.6 Å². The lowest BCUT2D eigenvalue weighted by Crippen LogP contribution is -2.49. The summed E-state index contributed by atoms with van der Waals surface area (Å²) in [6.45, 7) is 0.558. The van der Waals surface area contributed by atoms with Gasteiger partial charge < -0.3 is 10.6 Å². The average molecular weight is 374 g/mol. The first-order chi connectivity index (χ1) is 12.5. The van der Waals surface area contributed by atoms with Gasteiger partial charge >= 0.3 is 0 Å². The summed E-state index contributed by atoms with van der Waals surface area (Å²) < 4.78 is 26.5. The fraction of sp³-hybridized carbons (Fsp3) is 0.235. The summed E-state index contributed by atoms with van der Waals surface area (Å²) in [7, 11) is -3.83. The number of amides is 2. The average Bonchev–Trinajstić information content (AvgIpc) is 2.67. The molecule has 0 atom stereocenters. The fourth-order valence-corrected chi connectivity index (χ4v) is 4.00. The molecule has 3 rings (SSSR count). The van der Waals surface area contributed by atoms with E-state index in [9.17, 15) is 18.0 Å². The van der Waals surface area contributed by atoms with Crippen LogP contribution in [0, 0.1) is 0 Å². The molecule has 8 nitrogen and oxygen atoms in total. The Kier molecular flexibility index (Phi) is 5.29. The number of carbonyl (C=O) groups is 2. The number of nitrogens with zero attached hydrogens (tertiary/aromatic N) is 2. The number of carbonyl (C=O) groups excluding carboxylic acids is 2. The number of hydrogen-bond acceptors (Lipinski definition) is 5. The Bertz CT molecular complexity index is 915. The van der Waals surface area contributed by atoms with E-state index >= 15 is 0 Å². The molecule has 1 aromatic heterocycles. The zero-order chi connectivity index (χ0) is 18.6. The third-order valence-corrected chi connectivity index (χ3v) is 5.78. The van der Waals surface area contributed by atoms with E-state index in [1.54, 1.807) is 30.6 Å². The van der Waals surface area contributed by atoms with Gasteiger partial charge in [0.1, 0.15) is 0 Å². The van der Waals surface area contributed by atoms with Crippen LogP contribution in [0.2, 0.25) is 0 Å². The Hall–Kier alpha value is -2.78. The van der Waals surface area contributed by atoms with Crippen molar-refractivity contribution in [3.8, 4) is 0 Å². The molecular formula is C17H18N4O4S. The van der Waals surface area contributed by atoms with Gasteiger partial charge in [-0.25, -0.2) is 8.42 Å². The van der Waals surface area contributed by atoms with Crippen LogP contribution in [0.15, 0.2) is 53.7 Å². The van der Waals surface area contributed by atoms with Gasteiger partial charge in [0.25, 0.3) is 5.91 Å². The number of aromatic nitrogens is 1. The van der Waals surface area contributed by atoms with E-state index < -0.39 is 10.0 Å². The largest absolute Gasteiger partial charge is 0.354 e. The lowest BCUT2D eigenvalue weighted by molar-refractivity contribution is -0.122. The van der Waals surface area contributed by atoms with Crippen molar-refractivity contribution in [2.75, 3.05) is 19.6 Å². The molecule has 136 valence electrons. The molecule has 2 aromatic rings. The highest BCUT2D eigenvalue weighted by molar-refractivity contribution is 7.89. The first-order valence-corrected chi connectivity index (χ1v) is 9.45. The third-order valence-electron chi connectivity index (χ3n) is 3.94. The minimum absolute atomic E-state index is 0.0104. The first kappa shape index (κ1) is 18.0. The van der Waals surface area contributed by atoms with Crippen LogP contribution < -0.4 is 10.6 Å². The molecule has 26 heavy (non-hydrogen) atoms. The van der Waals surface area contributed by atoms with E-state index in [-0.39, 0.29) is 41.9 Å². The monoisotopic (exact) mass is 374 g/mol. The second-order valence-electron chi connectivity index (χ2n) is 5.75. The number of benzene rings is 1. The van der Waals surface area contributed by atoms with Crippen LogP contribution in [0.4, 0.5) is 0 Å². The van der Waals surface area contributed by atoms with E-state index in [4.69, 9.17) is 0 Å². The highest BCUT2D eigenvalue weighted by Gasteiger charge is 2.29. The van der Waals surface area contributed by atoms with Crippen molar-refractivity contribution in [1.82, 2.24) is 19.9 Å². The van der Waals surface area contributed by atoms with Gasteiger partial charge in [-0.2, -0.15) is 4.31 Å². The molecule has 2 amide bonds. The number of rotatable bonds is 5. The molecule has 0 bridgehead atoms. The highest BCUT2D eigenvalue weighted by atomic mass is 32.2. The van der Waals surface area contributed by atoms with Crippen molar-refractivity contribution in [2.45, 2.75) is 11.4 Å². The predicted molar refractivity (Wildman–Crippen MR) is 93.6 cm³/mol. The summed E-state index contributed by atoms with van der Waals surface area (Å²) in [6.07, 6.45) is 3.26. The molecular weight excluding hydrogens is 356 g/mol. The van der Waals surface area contributed by atoms with Crippen LogP contribution in [-0.2, 0) is 21.4 Å². The molecule has 1 fully saturated rings. The molecule has 1 aliphatic heterocycles. The Morgan fingerprint density at radius 1 is 1.23 bits per heavy atom. The van der Waals surface area contributed by atoms with E-state index in [0.717, 1.165) is 9.87 Å². The summed E-state index contributed by atoms with van der Waals surface area (Å²) >= 11 is 0. The topological polar surface area (TPSA) is 108 Å². The second kappa shape index (κ2) is 7.63. The Morgan fingerprint density at radius 2 is 2.00 bits per heavy atom. The van der Waals surface area contributed by atoms with E-state index in [1.165, 1.54) is 18.2 Å². The van der Waals surface area contributed by atoms with E-state index in [1.807, 2.05) is 0 Å². The number of piperazine rings is 1. The zero-order valence-corrected chi connectivity index (χ0v) is 14.7. The third kappa shape index (κ3) is 4.06. The number of sulfonamides is 1. The molecule has 2 N–H and O–H groups in total. The Labute approximate surface area is 151 Å². The standard InChI is InChI=1S/C17H18N4O4S/c22-16-12-21(9-8-19-16)26(24,25)15-3-1-2-14(10-15)17(23)20-11-13-4-6-18-7-5-13/h1-7,10H,8-9,11-12H2,(H,19,22)(H,20,23). The number of hydrogen-bond donors (Lipinski definition) is 2. The van der Waals surface area contributed by atoms with Crippen LogP contribution in [0.5, 0.6) is 0 Å². The molecule has 0 aliphatic carbocycles. The van der Waals surface area contributed by atoms with Crippen LogP contribution in [0.3, 0.4) is 0 Å². The Morgan fingerprint density at radius 3 is 2.73 bits per heavy atom. The van der Waals surface area contributed by atoms with Crippen molar-refractivity contribution in [2.24, 2.45) is 0 Å². The number of nitrogens with one attached hydrogen (secondary N) is 2. The van der Waals surface area contributed by atoms with Crippen LogP contribution in [0.1, 0.15) is 15.9 Å². The maximum Gasteiger partial charge on any atom is 0.251 e. The minimum Gasteiger partial charge on any atom is -0.354 e. The van der Waals surface area contributed by atoms with Gasteiger partial charge in [-0.3, -0.25) is 14.6 Å². The molecule has 0 spiro atoms. The zero-order valence-electron chi connectivity index (χ0n) is 13.9. The lowest BCUT2D eigenvalue weighted by Gasteiger charge is -2.26. The van der Waals surface area contributed by atoms with Crippen molar-refractivity contribution in [1.29, 1.82) is 0 Å². The molecule has 2 heterocycles. The van der Waals surface area contributed by atoms with Gasteiger partial charge in [0, 0.05) is 37.6 Å². The first-order valence-electron chi connectivity index (χ1n) is 8.01. The van der Waals surface area contributed by atoms with Crippen LogP contribution >= 0.6 is 0 Å². The van der Waals surface area contributed by atoms with Crippen LogP contribution in [-0.4, -0.2) is 49.2 Å². The SMILES string of the molecule is O=C1CN(S(=O)(=O)c2cccc(C(=O)NCc3ccncc3)c2)CCN1. The molecule has 1 saturated heterocycles. The predicted octanol–water partition coefficient (Wildman–Crippen LogP) is 0.132. The molecule has 0 unspecified atom stereocenters. The van der Waals surface area contributed by atoms with Crippen LogP contribution in [0.25, 0.3) is 0 Å². The maximum atomic E-state index is 12.7. The quantitative estimate of drug-likeness (QED) is 0.773. The van der Waals surface area contributed by atoms with Crippen molar-refractivity contribution in [3.05, 3.63) is 59.9 Å². The molecule has 0 radical (unpaired) electrons. The van der Waals surface area contributed by atoms with Crippen molar-refractivity contribution < 1.29 is 18.0 Å². The van der Waals surface area contributed by atoms with Gasteiger partial charge in [0.2, 0.25) is 15.9 Å². The van der Waals surface area contributed by atoms with Gasteiger partial charge in [0.05, 0.1) is 11.4 Å². The molecule has 1 aromatic carbocycles. The second-order valence-corrected chi connectivity index (χ2v) is 7.69. The minimum atomic E-state index is -3.83. The van der Waals surface area contributed by atoms with Gasteiger partial charge in [-0.05, 0) is 35.9 Å². The molecule has 9 heteroatoms. The maximum absolute atomic E-state index is 12.7. The lowest BCUT2D eigenvalue weighted by atomic mass is 10.2. The Balaban J connectivity index is 1.75. The van der Waals surface area contributed by atoms with Crippen molar-refractivity contribution >= 4 is 21.8 Å². The van der Waals surface area contributed by atoms with Gasteiger partial charge in [0.15, 0.2) is 0 Å². The normalized spacial score (nSPS) is 15.3. The fourth-order valence-electron chi connectivity index (χ4n) is 2.55. The summed E-state index contributed by atoms with van der Waals surface area (Å²) in [5.41, 5.74) is 1.12. The number of pyridine rings is 1. The summed E-state index contributed by atoms with van der Waals surface area (Å²) in [5.74, 6) is -0.721. The summed E-state index contributed by atoms with van der Waals surface area (Å²) in [4.78, 5) is 27.7. The molecule has 1 aliphatic rings. The summed E-state index contributed by atoms with van der Waals surface area (Å²) in [6, 6.07) is 9.36. The summed E-state index contributed by atoms with van der Waals surface area (Å²) in [5, 5.41) is 5.33. The van der Waals surface area contributed by atoms with Gasteiger partial charge in [-0.1, -0.05) is 6.07 Å². The van der Waals surface area contributed by atoms with Crippen molar-refractivity contribution in [3.63, 3.8) is 0 Å². The van der Waals surface area contributed by atoms with Gasteiger partial charge in [-0.15, -0.1) is 0 Å². The highest BCUT2D eigenvalue weighted by Crippen LogP contribution is 2.18. The molecule has 0 saturated carbocycles. The smallest absolute Gasteiger partial charge is 0.251 e.